The highest BCUT2D eigenvalue weighted by molar-refractivity contribution is 8.18. The first-order chi connectivity index (χ1) is 14.1. The van der Waals surface area contributed by atoms with Gasteiger partial charge < -0.3 is 0 Å². The van der Waals surface area contributed by atoms with Crippen molar-refractivity contribution in [3.05, 3.63) is 82.3 Å². The lowest BCUT2D eigenvalue weighted by atomic mass is 10.0. The molecule has 30 heavy (non-hydrogen) atoms. The highest BCUT2D eigenvalue weighted by Crippen LogP contribution is 2.35. The minimum atomic E-state index is -4.58. The molecule has 0 aromatic heterocycles. The third-order valence-electron chi connectivity index (χ3n) is 4.06. The van der Waals surface area contributed by atoms with Crippen molar-refractivity contribution in [2.45, 2.75) is 18.0 Å². The Morgan fingerprint density at radius 1 is 1.10 bits per heavy atom. The van der Waals surface area contributed by atoms with E-state index in [2.05, 4.69) is 15.5 Å². The van der Waals surface area contributed by atoms with Crippen molar-refractivity contribution in [2.24, 2.45) is 5.16 Å². The number of nitrogens with zero attached hydrogens (tertiary/aromatic N) is 2. The van der Waals surface area contributed by atoms with E-state index in [1.807, 2.05) is 19.1 Å². The van der Waals surface area contributed by atoms with E-state index < -0.39 is 26.8 Å². The molecule has 0 unspecified atom stereocenters. The summed E-state index contributed by atoms with van der Waals surface area (Å²) in [5.74, 6) is 0. The molecule has 0 saturated carbocycles. The van der Waals surface area contributed by atoms with E-state index in [1.54, 1.807) is 18.2 Å². The lowest BCUT2D eigenvalue weighted by Gasteiger charge is -2.07. The van der Waals surface area contributed by atoms with Gasteiger partial charge in [0.2, 0.25) is 0 Å². The van der Waals surface area contributed by atoms with Crippen LogP contribution in [0.3, 0.4) is 0 Å². The summed E-state index contributed by atoms with van der Waals surface area (Å²) in [4.78, 5) is 0.112. The minimum absolute atomic E-state index is 0.182. The zero-order valence-corrected chi connectivity index (χ0v) is 17.0. The molecule has 0 atom stereocenters. The molecule has 0 saturated heterocycles. The number of halogens is 3. The number of hydrogen-bond acceptors (Lipinski definition) is 6. The fraction of sp³-hybridized carbons (Fsp3) is 0.100. The van der Waals surface area contributed by atoms with Gasteiger partial charge in [-0.1, -0.05) is 41.2 Å². The molecule has 2 aromatic rings. The maximum atomic E-state index is 12.6. The summed E-state index contributed by atoms with van der Waals surface area (Å²) >= 11 is 1.05. The summed E-state index contributed by atoms with van der Waals surface area (Å²) in [6, 6.07) is 12.4. The van der Waals surface area contributed by atoms with Gasteiger partial charge in [0.15, 0.2) is 0 Å². The predicted molar refractivity (Wildman–Crippen MR) is 108 cm³/mol. The largest absolute Gasteiger partial charge is 0.416 e. The quantitative estimate of drug-likeness (QED) is 0.468. The van der Waals surface area contributed by atoms with Gasteiger partial charge in [-0.3, -0.25) is 4.28 Å². The van der Waals surface area contributed by atoms with Crippen LogP contribution in [0, 0.1) is 18.3 Å². The van der Waals surface area contributed by atoms with Crippen molar-refractivity contribution in [1.29, 1.82) is 5.26 Å². The van der Waals surface area contributed by atoms with E-state index in [4.69, 9.17) is 0 Å². The van der Waals surface area contributed by atoms with Crippen molar-refractivity contribution in [1.82, 2.24) is 0 Å². The number of thioether (sulfide) groups is 1. The molecule has 0 amide bonds. The number of rotatable bonds is 4. The fourth-order valence-corrected chi connectivity index (χ4v) is 4.16. The van der Waals surface area contributed by atoms with Crippen LogP contribution in [0.5, 0.6) is 0 Å². The van der Waals surface area contributed by atoms with Crippen LogP contribution in [0.4, 0.5) is 13.2 Å². The first kappa shape index (κ1) is 21.7. The van der Waals surface area contributed by atoms with Crippen LogP contribution in [-0.2, 0) is 20.6 Å². The summed E-state index contributed by atoms with van der Waals surface area (Å²) in [5, 5.41) is 13.3. The van der Waals surface area contributed by atoms with Crippen LogP contribution in [-0.4, -0.2) is 13.5 Å². The highest BCUT2D eigenvalue weighted by Gasteiger charge is 2.31. The molecule has 10 heteroatoms. The van der Waals surface area contributed by atoms with E-state index in [-0.39, 0.29) is 5.04 Å². The van der Waals surface area contributed by atoms with Crippen LogP contribution < -0.4 is 0 Å². The number of benzene rings is 2. The third kappa shape index (κ3) is 4.75. The van der Waals surface area contributed by atoms with Crippen LogP contribution >= 0.6 is 11.8 Å². The molecule has 1 aliphatic heterocycles. The molecule has 154 valence electrons. The number of hydrogen-bond donors (Lipinski definition) is 0. The van der Waals surface area contributed by atoms with Crippen molar-refractivity contribution in [3.63, 3.8) is 0 Å². The second kappa shape index (κ2) is 8.38. The summed E-state index contributed by atoms with van der Waals surface area (Å²) < 4.78 is 66.8. The molecule has 5 nitrogen and oxygen atoms in total. The topological polar surface area (TPSA) is 79.5 Å². The molecule has 0 spiro atoms. The normalized spacial score (nSPS) is 17.1. The molecule has 0 fully saturated rings. The van der Waals surface area contributed by atoms with E-state index in [0.717, 1.165) is 35.0 Å². The van der Waals surface area contributed by atoms with Gasteiger partial charge in [-0.15, -0.1) is 0 Å². The maximum absolute atomic E-state index is 12.6. The average molecular weight is 450 g/mol. The first-order valence-electron chi connectivity index (χ1n) is 8.37. The molecule has 0 N–H and O–H groups in total. The lowest BCUT2D eigenvalue weighted by molar-refractivity contribution is -0.137. The van der Waals surface area contributed by atoms with E-state index in [9.17, 15) is 26.9 Å². The molecular formula is C20H13F3N2O3S2. The standard InChI is InChI=1S/C20H13F3N2O3S2/c1-13-4-2-3-5-16(13)17(12-24)18-10-11-19(29-18)25-28-30(26,27)15-8-6-14(7-9-15)20(21,22)23/h2-11H,1H3/b18-17+,25-19?. The minimum Gasteiger partial charge on any atom is -0.264 e. The van der Waals surface area contributed by atoms with Gasteiger partial charge in [0.05, 0.1) is 11.1 Å². The number of aryl methyl sites for hydroxylation is 1. The van der Waals surface area contributed by atoms with Gasteiger partial charge >= 0.3 is 16.3 Å². The SMILES string of the molecule is Cc1ccccc1/C(C#N)=C1\C=CC(=NOS(=O)(=O)c2ccc(C(F)(F)F)cc2)S1. The second-order valence-corrected chi connectivity index (χ2v) is 8.67. The monoisotopic (exact) mass is 450 g/mol. The molecule has 0 radical (unpaired) electrons. The first-order valence-corrected chi connectivity index (χ1v) is 10.6. The van der Waals surface area contributed by atoms with Crippen molar-refractivity contribution < 1.29 is 25.9 Å². The zero-order chi connectivity index (χ0) is 21.9. The predicted octanol–water partition coefficient (Wildman–Crippen LogP) is 5.27. The van der Waals surface area contributed by atoms with E-state index >= 15 is 0 Å². The molecule has 3 rings (SSSR count). The van der Waals surface area contributed by atoms with Gasteiger partial charge in [0.1, 0.15) is 16.0 Å². The van der Waals surface area contributed by atoms with Crippen LogP contribution in [0.2, 0.25) is 0 Å². The van der Waals surface area contributed by atoms with Crippen LogP contribution in [0.1, 0.15) is 16.7 Å². The molecule has 0 bridgehead atoms. The van der Waals surface area contributed by atoms with E-state index in [0.29, 0.717) is 22.6 Å². The van der Waals surface area contributed by atoms with Crippen molar-refractivity contribution in [2.75, 3.05) is 0 Å². The Morgan fingerprint density at radius 2 is 1.77 bits per heavy atom. The molecule has 1 heterocycles. The Hall–Kier alpha value is -3.03. The Kier molecular flexibility index (Phi) is 6.05. The summed E-state index contributed by atoms with van der Waals surface area (Å²) in [6.07, 6.45) is -1.48. The summed E-state index contributed by atoms with van der Waals surface area (Å²) in [6.45, 7) is 1.87. The Morgan fingerprint density at radius 3 is 2.37 bits per heavy atom. The zero-order valence-electron chi connectivity index (χ0n) is 15.3. The smallest absolute Gasteiger partial charge is 0.264 e. The van der Waals surface area contributed by atoms with Gasteiger partial charge in [-0.25, -0.2) is 0 Å². The molecular weight excluding hydrogens is 437 g/mol. The number of alkyl halides is 3. The van der Waals surface area contributed by atoms with Crippen LogP contribution in [0.25, 0.3) is 5.57 Å². The Bertz CT molecular complexity index is 1210. The maximum Gasteiger partial charge on any atom is 0.416 e. The number of nitriles is 1. The van der Waals surface area contributed by atoms with Gasteiger partial charge in [-0.2, -0.15) is 26.9 Å². The number of oxime groups is 1. The fourth-order valence-electron chi connectivity index (χ4n) is 2.55. The van der Waals surface area contributed by atoms with Crippen LogP contribution in [0.15, 0.2) is 75.6 Å². The summed E-state index contributed by atoms with van der Waals surface area (Å²) in [7, 11) is -4.40. The Labute approximate surface area is 175 Å². The lowest BCUT2D eigenvalue weighted by Crippen LogP contribution is -2.07. The Balaban J connectivity index is 1.79. The van der Waals surface area contributed by atoms with Crippen molar-refractivity contribution in [3.8, 4) is 6.07 Å². The van der Waals surface area contributed by atoms with Gasteiger partial charge in [0.25, 0.3) is 0 Å². The third-order valence-corrected chi connectivity index (χ3v) is 6.16. The molecule has 0 aliphatic carbocycles. The highest BCUT2D eigenvalue weighted by atomic mass is 32.2. The average Bonchev–Trinajstić information content (AvgIpc) is 3.17. The molecule has 2 aromatic carbocycles. The van der Waals surface area contributed by atoms with Gasteiger partial charge in [0, 0.05) is 4.91 Å². The van der Waals surface area contributed by atoms with E-state index in [1.165, 1.54) is 6.08 Å². The van der Waals surface area contributed by atoms with Gasteiger partial charge in [-0.05, 0) is 54.5 Å². The van der Waals surface area contributed by atoms with Crippen molar-refractivity contribution >= 4 is 32.5 Å². The second-order valence-electron chi connectivity index (χ2n) is 6.08. The summed E-state index contributed by atoms with van der Waals surface area (Å²) in [5.41, 5.74) is 1.08. The molecule has 1 aliphatic rings. The number of allylic oxidation sites excluding steroid dienone is 2.